The molecule has 1 aliphatic heterocycles. The number of carbonyl (C=O) groups is 1. The summed E-state index contributed by atoms with van der Waals surface area (Å²) in [4.78, 5) is 17.8. The van der Waals surface area contributed by atoms with E-state index in [1.807, 2.05) is 66.7 Å². The third-order valence-corrected chi connectivity index (χ3v) is 7.21. The van der Waals surface area contributed by atoms with Crippen molar-refractivity contribution in [2.45, 2.75) is 16.8 Å². The first-order valence-electron chi connectivity index (χ1n) is 9.76. The number of thiazole rings is 1. The zero-order valence-electron chi connectivity index (χ0n) is 16.1. The number of aromatic nitrogens is 1. The van der Waals surface area contributed by atoms with Crippen LogP contribution in [-0.4, -0.2) is 27.4 Å². The summed E-state index contributed by atoms with van der Waals surface area (Å²) in [5.74, 6) is 0.313. The zero-order chi connectivity index (χ0) is 20.3. The number of rotatable bonds is 5. The van der Waals surface area contributed by atoms with Crippen LogP contribution in [0.25, 0.3) is 10.2 Å². The van der Waals surface area contributed by atoms with Crippen LogP contribution in [0.5, 0.6) is 0 Å². The summed E-state index contributed by atoms with van der Waals surface area (Å²) >= 11 is 3.10. The molecule has 148 valence electrons. The molecule has 3 aromatic carbocycles. The van der Waals surface area contributed by atoms with Gasteiger partial charge >= 0.3 is 0 Å². The molecule has 1 amide bonds. The van der Waals surface area contributed by atoms with Crippen molar-refractivity contribution in [2.75, 3.05) is 5.75 Å². The topological polar surface area (TPSA) is 45.6 Å². The van der Waals surface area contributed by atoms with Gasteiger partial charge in [0.1, 0.15) is 0 Å². The summed E-state index contributed by atoms with van der Waals surface area (Å²) in [6, 6.07) is 28.2. The first-order valence-corrected chi connectivity index (χ1v) is 11.6. The molecule has 5 rings (SSSR count). The Balaban J connectivity index is 1.38. The minimum absolute atomic E-state index is 0.000889. The SMILES string of the molecule is O=C(CSc1nc2ccccc2s1)N1N=C(c2ccccc2)CC1c1ccccc1. The van der Waals surface area contributed by atoms with Crippen LogP contribution in [0.2, 0.25) is 0 Å². The van der Waals surface area contributed by atoms with Gasteiger partial charge < -0.3 is 0 Å². The first-order chi connectivity index (χ1) is 14.8. The molecule has 6 heteroatoms. The predicted molar refractivity (Wildman–Crippen MR) is 124 cm³/mol. The van der Waals surface area contributed by atoms with E-state index < -0.39 is 0 Å². The van der Waals surface area contributed by atoms with Gasteiger partial charge in [0.25, 0.3) is 5.91 Å². The molecule has 1 aromatic heterocycles. The third kappa shape index (κ3) is 3.88. The van der Waals surface area contributed by atoms with E-state index in [1.165, 1.54) is 11.8 Å². The fraction of sp³-hybridized carbons (Fsp3) is 0.125. The highest BCUT2D eigenvalue weighted by atomic mass is 32.2. The van der Waals surface area contributed by atoms with E-state index in [1.54, 1.807) is 16.3 Å². The minimum atomic E-state index is -0.0788. The summed E-state index contributed by atoms with van der Waals surface area (Å²) in [5, 5.41) is 6.41. The van der Waals surface area contributed by atoms with Gasteiger partial charge in [-0.25, -0.2) is 9.99 Å². The molecule has 0 spiro atoms. The highest BCUT2D eigenvalue weighted by Gasteiger charge is 2.32. The molecule has 0 saturated heterocycles. The van der Waals surface area contributed by atoms with Crippen molar-refractivity contribution in [3.8, 4) is 0 Å². The highest BCUT2D eigenvalue weighted by molar-refractivity contribution is 8.01. The normalized spacial score (nSPS) is 16.1. The molecular weight excluding hydrogens is 410 g/mol. The summed E-state index contributed by atoms with van der Waals surface area (Å²) in [5.41, 5.74) is 4.09. The molecule has 0 fully saturated rings. The van der Waals surface area contributed by atoms with Gasteiger partial charge in [-0.1, -0.05) is 84.6 Å². The summed E-state index contributed by atoms with van der Waals surface area (Å²) in [7, 11) is 0. The van der Waals surface area contributed by atoms with Crippen molar-refractivity contribution < 1.29 is 4.79 Å². The Labute approximate surface area is 183 Å². The molecule has 0 N–H and O–H groups in total. The monoisotopic (exact) mass is 429 g/mol. The number of nitrogens with zero attached hydrogens (tertiary/aromatic N) is 3. The summed E-state index contributed by atoms with van der Waals surface area (Å²) in [6.45, 7) is 0. The van der Waals surface area contributed by atoms with Crippen LogP contribution in [-0.2, 0) is 4.79 Å². The van der Waals surface area contributed by atoms with Crippen LogP contribution in [0, 0.1) is 0 Å². The molecule has 0 saturated carbocycles. The number of benzene rings is 3. The van der Waals surface area contributed by atoms with Crippen LogP contribution in [0.4, 0.5) is 0 Å². The van der Waals surface area contributed by atoms with Crippen molar-refractivity contribution in [1.82, 2.24) is 9.99 Å². The maximum absolute atomic E-state index is 13.2. The predicted octanol–water partition coefficient (Wildman–Crippen LogP) is 5.77. The Hall–Kier alpha value is -2.96. The molecule has 0 aliphatic carbocycles. The van der Waals surface area contributed by atoms with Gasteiger partial charge in [0.15, 0.2) is 4.34 Å². The Kier molecular flexibility index (Phi) is 5.34. The first kappa shape index (κ1) is 19.0. The average Bonchev–Trinajstić information content (AvgIpc) is 3.43. The summed E-state index contributed by atoms with van der Waals surface area (Å²) < 4.78 is 2.05. The van der Waals surface area contributed by atoms with E-state index in [9.17, 15) is 4.79 Å². The van der Waals surface area contributed by atoms with Crippen molar-refractivity contribution in [1.29, 1.82) is 0 Å². The Morgan fingerprint density at radius 2 is 1.67 bits per heavy atom. The number of hydrazone groups is 1. The number of hydrogen-bond acceptors (Lipinski definition) is 5. The van der Waals surface area contributed by atoms with Crippen molar-refractivity contribution in [3.05, 3.63) is 96.1 Å². The van der Waals surface area contributed by atoms with Crippen molar-refractivity contribution >= 4 is 44.9 Å². The number of fused-ring (bicyclic) bond motifs is 1. The Bertz CT molecular complexity index is 1170. The molecule has 0 radical (unpaired) electrons. The summed E-state index contributed by atoms with van der Waals surface area (Å²) in [6.07, 6.45) is 0.714. The number of carbonyl (C=O) groups excluding carboxylic acids is 1. The lowest BCUT2D eigenvalue weighted by molar-refractivity contribution is -0.130. The molecule has 1 unspecified atom stereocenters. The number of hydrogen-bond donors (Lipinski definition) is 0. The van der Waals surface area contributed by atoms with E-state index in [4.69, 9.17) is 5.10 Å². The second-order valence-electron chi connectivity index (χ2n) is 7.02. The lowest BCUT2D eigenvalue weighted by atomic mass is 9.98. The van der Waals surface area contributed by atoms with E-state index in [0.717, 1.165) is 31.4 Å². The molecule has 30 heavy (non-hydrogen) atoms. The van der Waals surface area contributed by atoms with Gasteiger partial charge in [-0.3, -0.25) is 4.79 Å². The van der Waals surface area contributed by atoms with Gasteiger partial charge in [0, 0.05) is 6.42 Å². The number of para-hydroxylation sites is 1. The number of amides is 1. The quantitative estimate of drug-likeness (QED) is 0.379. The third-order valence-electron chi connectivity index (χ3n) is 5.05. The fourth-order valence-corrected chi connectivity index (χ4v) is 5.50. The molecule has 1 aliphatic rings. The molecule has 2 heterocycles. The second-order valence-corrected chi connectivity index (χ2v) is 9.27. The smallest absolute Gasteiger partial charge is 0.253 e. The van der Waals surface area contributed by atoms with Crippen LogP contribution in [0.3, 0.4) is 0 Å². The number of thioether (sulfide) groups is 1. The lowest BCUT2D eigenvalue weighted by Crippen LogP contribution is -2.28. The maximum atomic E-state index is 13.2. The fourth-order valence-electron chi connectivity index (χ4n) is 3.58. The molecule has 1 atom stereocenters. The molecule has 0 bridgehead atoms. The van der Waals surface area contributed by atoms with Gasteiger partial charge in [-0.2, -0.15) is 5.10 Å². The Morgan fingerprint density at radius 1 is 0.967 bits per heavy atom. The van der Waals surface area contributed by atoms with Crippen molar-refractivity contribution in [3.63, 3.8) is 0 Å². The van der Waals surface area contributed by atoms with Crippen LogP contribution < -0.4 is 0 Å². The van der Waals surface area contributed by atoms with Gasteiger partial charge in [0.2, 0.25) is 0 Å². The van der Waals surface area contributed by atoms with Crippen LogP contribution in [0.15, 0.2) is 94.4 Å². The average molecular weight is 430 g/mol. The zero-order valence-corrected chi connectivity index (χ0v) is 17.8. The van der Waals surface area contributed by atoms with Crippen LogP contribution >= 0.6 is 23.1 Å². The Morgan fingerprint density at radius 3 is 2.43 bits per heavy atom. The maximum Gasteiger partial charge on any atom is 0.253 e. The van der Waals surface area contributed by atoms with Gasteiger partial charge in [-0.05, 0) is 23.3 Å². The lowest BCUT2D eigenvalue weighted by Gasteiger charge is -2.21. The molecule has 4 nitrogen and oxygen atoms in total. The van der Waals surface area contributed by atoms with E-state index in [0.29, 0.717) is 12.2 Å². The largest absolute Gasteiger partial charge is 0.272 e. The van der Waals surface area contributed by atoms with E-state index >= 15 is 0 Å². The van der Waals surface area contributed by atoms with Crippen LogP contribution in [0.1, 0.15) is 23.6 Å². The van der Waals surface area contributed by atoms with Gasteiger partial charge in [-0.15, -0.1) is 11.3 Å². The minimum Gasteiger partial charge on any atom is -0.272 e. The molecule has 4 aromatic rings. The van der Waals surface area contributed by atoms with E-state index in [-0.39, 0.29) is 11.9 Å². The highest BCUT2D eigenvalue weighted by Crippen LogP contribution is 2.34. The van der Waals surface area contributed by atoms with E-state index in [2.05, 4.69) is 23.2 Å². The van der Waals surface area contributed by atoms with Gasteiger partial charge in [0.05, 0.1) is 27.7 Å². The van der Waals surface area contributed by atoms with Crippen molar-refractivity contribution in [2.24, 2.45) is 5.10 Å². The second kappa shape index (κ2) is 8.42. The molecular formula is C24H19N3OS2. The standard InChI is InChI=1S/C24H19N3OS2/c28-23(16-29-24-25-19-13-7-8-14-22(19)30-24)27-21(18-11-5-2-6-12-18)15-20(26-27)17-9-3-1-4-10-17/h1-14,21H,15-16H2.